The third-order valence-corrected chi connectivity index (χ3v) is 5.02. The molecule has 6 nitrogen and oxygen atoms in total. The van der Waals surface area contributed by atoms with E-state index >= 15 is 0 Å². The van der Waals surface area contributed by atoms with Crippen LogP contribution in [0.3, 0.4) is 0 Å². The molecular weight excluding hydrogens is 380 g/mol. The van der Waals surface area contributed by atoms with Crippen molar-refractivity contribution in [2.24, 2.45) is 0 Å². The maximum Gasteiger partial charge on any atom is 0.408 e. The number of carbonyl (C=O) groups is 1. The van der Waals surface area contributed by atoms with Gasteiger partial charge in [-0.2, -0.15) is 0 Å². The molecule has 0 aliphatic heterocycles. The monoisotopic (exact) mass is 410 g/mol. The van der Waals surface area contributed by atoms with Crippen molar-refractivity contribution in [1.82, 2.24) is 5.32 Å². The topological polar surface area (TPSA) is 60.0 Å². The predicted octanol–water partition coefficient (Wildman–Crippen LogP) is 4.80. The van der Waals surface area contributed by atoms with Crippen LogP contribution in [-0.2, 0) is 4.74 Å². The summed E-state index contributed by atoms with van der Waals surface area (Å²) in [6, 6.07) is 13.4. The number of likely N-dealkylation sites (N-methyl/N-ethyl adjacent to an activating group) is 1. The van der Waals surface area contributed by atoms with Crippen molar-refractivity contribution >= 4 is 17.9 Å². The second-order valence-corrected chi connectivity index (χ2v) is 8.26. The fourth-order valence-electron chi connectivity index (χ4n) is 3.61. The number of amides is 1. The number of methoxy groups -OCH3 is 2. The van der Waals surface area contributed by atoms with Gasteiger partial charge in [-0.15, -0.1) is 0 Å². The smallest absolute Gasteiger partial charge is 0.408 e. The zero-order valence-corrected chi connectivity index (χ0v) is 18.4. The zero-order valence-electron chi connectivity index (χ0n) is 18.4. The van der Waals surface area contributed by atoms with Crippen LogP contribution in [0.15, 0.2) is 48.5 Å². The van der Waals surface area contributed by atoms with Crippen molar-refractivity contribution in [2.75, 3.05) is 26.2 Å². The molecule has 0 spiro atoms. The van der Waals surface area contributed by atoms with Crippen molar-refractivity contribution in [3.05, 3.63) is 59.7 Å². The van der Waals surface area contributed by atoms with Crippen LogP contribution in [0.5, 0.6) is 11.5 Å². The van der Waals surface area contributed by atoms with Gasteiger partial charge in [0.1, 0.15) is 5.60 Å². The Morgan fingerprint density at radius 1 is 1.03 bits per heavy atom. The highest BCUT2D eigenvalue weighted by Gasteiger charge is 2.33. The average Bonchev–Trinajstić information content (AvgIpc) is 2.71. The Morgan fingerprint density at radius 2 is 1.67 bits per heavy atom. The molecule has 0 aromatic heterocycles. The highest BCUT2D eigenvalue weighted by molar-refractivity contribution is 5.72. The van der Waals surface area contributed by atoms with Gasteiger partial charge in [-0.3, -0.25) is 0 Å². The van der Waals surface area contributed by atoms with Crippen molar-refractivity contribution < 1.29 is 19.0 Å². The van der Waals surface area contributed by atoms with Crippen LogP contribution < -0.4 is 19.7 Å². The largest absolute Gasteiger partial charge is 0.493 e. The van der Waals surface area contributed by atoms with E-state index in [0.29, 0.717) is 11.5 Å². The van der Waals surface area contributed by atoms with Crippen molar-refractivity contribution in [1.29, 1.82) is 0 Å². The Bertz CT molecular complexity index is 919. The SMILES string of the molecule is COc1cc2c(cc1OC)[C@H](NC(=O)OC(C)(C)C)[C@@H](N(C)c1ccccc1)C=C2. The predicted molar refractivity (Wildman–Crippen MR) is 119 cm³/mol. The minimum atomic E-state index is -0.587. The van der Waals surface area contributed by atoms with Crippen LogP contribution in [0.1, 0.15) is 37.9 Å². The van der Waals surface area contributed by atoms with Crippen LogP contribution in [0.4, 0.5) is 10.5 Å². The second-order valence-electron chi connectivity index (χ2n) is 8.26. The Balaban J connectivity index is 2.02. The van der Waals surface area contributed by atoms with Crippen molar-refractivity contribution in [2.45, 2.75) is 38.5 Å². The van der Waals surface area contributed by atoms with Crippen LogP contribution in [-0.4, -0.2) is 39.0 Å². The summed E-state index contributed by atoms with van der Waals surface area (Å²) in [5, 5.41) is 3.07. The van der Waals surface area contributed by atoms with Crippen LogP contribution in [0, 0.1) is 0 Å². The lowest BCUT2D eigenvalue weighted by atomic mass is 9.87. The number of nitrogens with one attached hydrogen (secondary N) is 1. The highest BCUT2D eigenvalue weighted by atomic mass is 16.6. The van der Waals surface area contributed by atoms with Gasteiger partial charge in [0.25, 0.3) is 0 Å². The summed E-state index contributed by atoms with van der Waals surface area (Å²) in [5.41, 5.74) is 2.36. The lowest BCUT2D eigenvalue weighted by Gasteiger charge is -2.38. The highest BCUT2D eigenvalue weighted by Crippen LogP contribution is 2.39. The third-order valence-electron chi connectivity index (χ3n) is 5.02. The number of ether oxygens (including phenoxy) is 3. The molecule has 1 amide bonds. The van der Waals surface area contributed by atoms with E-state index in [4.69, 9.17) is 14.2 Å². The van der Waals surface area contributed by atoms with Gasteiger partial charge in [0.15, 0.2) is 11.5 Å². The first kappa shape index (κ1) is 21.6. The molecule has 1 N–H and O–H groups in total. The molecule has 1 aliphatic rings. The van der Waals surface area contributed by atoms with Crippen LogP contribution >= 0.6 is 0 Å². The quantitative estimate of drug-likeness (QED) is 0.767. The number of fused-ring (bicyclic) bond motifs is 1. The van der Waals surface area contributed by atoms with Gasteiger partial charge in [-0.05, 0) is 56.2 Å². The van der Waals surface area contributed by atoms with E-state index < -0.39 is 11.7 Å². The molecule has 30 heavy (non-hydrogen) atoms. The molecule has 0 fully saturated rings. The number of carbonyl (C=O) groups excluding carboxylic acids is 1. The zero-order chi connectivity index (χ0) is 21.9. The molecule has 2 atom stereocenters. The molecule has 0 saturated heterocycles. The number of hydrogen-bond donors (Lipinski definition) is 1. The lowest BCUT2D eigenvalue weighted by Crippen LogP contribution is -2.46. The van der Waals surface area contributed by atoms with Gasteiger partial charge >= 0.3 is 6.09 Å². The summed E-state index contributed by atoms with van der Waals surface area (Å²) in [6.07, 6.45) is 3.67. The van der Waals surface area contributed by atoms with Gasteiger partial charge < -0.3 is 24.4 Å². The van der Waals surface area contributed by atoms with Crippen molar-refractivity contribution in [3.8, 4) is 11.5 Å². The summed E-state index contributed by atoms with van der Waals surface area (Å²) >= 11 is 0. The molecule has 0 saturated carbocycles. The molecule has 0 radical (unpaired) electrons. The van der Waals surface area contributed by atoms with E-state index in [1.165, 1.54) is 0 Å². The minimum Gasteiger partial charge on any atom is -0.493 e. The number of alkyl carbamates (subject to hydrolysis) is 1. The first-order valence-electron chi connectivity index (χ1n) is 9.95. The number of para-hydroxylation sites is 1. The summed E-state index contributed by atoms with van der Waals surface area (Å²) < 4.78 is 16.5. The first-order chi connectivity index (χ1) is 14.2. The molecule has 6 heteroatoms. The fraction of sp³-hybridized carbons (Fsp3) is 0.375. The van der Waals surface area contributed by atoms with E-state index in [9.17, 15) is 4.79 Å². The Kier molecular flexibility index (Phi) is 6.25. The molecular formula is C24H30N2O4. The lowest BCUT2D eigenvalue weighted by molar-refractivity contribution is 0.0499. The molecule has 0 bridgehead atoms. The van der Waals surface area contributed by atoms with Crippen molar-refractivity contribution in [3.63, 3.8) is 0 Å². The van der Waals surface area contributed by atoms with Crippen LogP contribution in [0.2, 0.25) is 0 Å². The fourth-order valence-corrected chi connectivity index (χ4v) is 3.61. The summed E-state index contributed by atoms with van der Waals surface area (Å²) in [7, 11) is 5.23. The van der Waals surface area contributed by atoms with E-state index in [0.717, 1.165) is 16.8 Å². The number of benzene rings is 2. The molecule has 160 valence electrons. The van der Waals surface area contributed by atoms with Gasteiger partial charge in [0.2, 0.25) is 0 Å². The van der Waals surface area contributed by atoms with E-state index in [-0.39, 0.29) is 12.1 Å². The average molecular weight is 411 g/mol. The van der Waals surface area contributed by atoms with Gasteiger partial charge in [0, 0.05) is 12.7 Å². The maximum atomic E-state index is 12.7. The molecule has 1 aliphatic carbocycles. The Labute approximate surface area is 178 Å². The normalized spacial score (nSPS) is 17.7. The third kappa shape index (κ3) is 4.70. The van der Waals surface area contributed by atoms with Crippen LogP contribution in [0.25, 0.3) is 6.08 Å². The second kappa shape index (κ2) is 8.69. The first-order valence-corrected chi connectivity index (χ1v) is 9.95. The number of anilines is 1. The van der Waals surface area contributed by atoms with Gasteiger partial charge in [-0.1, -0.05) is 30.4 Å². The molecule has 0 unspecified atom stereocenters. The minimum absolute atomic E-state index is 0.120. The summed E-state index contributed by atoms with van der Waals surface area (Å²) in [4.78, 5) is 14.8. The number of rotatable bonds is 5. The van der Waals surface area contributed by atoms with Gasteiger partial charge in [-0.25, -0.2) is 4.79 Å². The summed E-state index contributed by atoms with van der Waals surface area (Å²) in [6.45, 7) is 5.55. The Hall–Kier alpha value is -3.15. The Morgan fingerprint density at radius 3 is 2.27 bits per heavy atom. The van der Waals surface area contributed by atoms with E-state index in [1.54, 1.807) is 14.2 Å². The molecule has 3 rings (SSSR count). The molecule has 0 heterocycles. The van der Waals surface area contributed by atoms with Gasteiger partial charge in [0.05, 0.1) is 26.3 Å². The molecule has 2 aromatic rings. The standard InChI is InChI=1S/C24H30N2O4/c1-24(2,3)30-23(27)25-22-18-15-21(29-6)20(28-5)14-16(18)12-13-19(22)26(4)17-10-8-7-9-11-17/h7-15,19,22H,1-6H3,(H,25,27)/t19-,22-/m0/s1. The summed E-state index contributed by atoms with van der Waals surface area (Å²) in [5.74, 6) is 1.26. The number of hydrogen-bond acceptors (Lipinski definition) is 5. The van der Waals surface area contributed by atoms with E-state index in [2.05, 4.69) is 22.4 Å². The maximum absolute atomic E-state index is 12.7. The molecule has 2 aromatic carbocycles. The van der Waals surface area contributed by atoms with E-state index in [1.807, 2.05) is 70.3 Å². The number of nitrogens with zero attached hydrogens (tertiary/aromatic N) is 1.